The first-order valence-corrected chi connectivity index (χ1v) is 8.81. The monoisotopic (exact) mass is 393 g/mol. The Hall–Kier alpha value is -2.37. The molecule has 2 fully saturated rings. The molecule has 27 heavy (non-hydrogen) atoms. The van der Waals surface area contributed by atoms with Crippen molar-refractivity contribution in [2.45, 2.75) is 31.2 Å². The highest BCUT2D eigenvalue weighted by atomic mass is 35.5. The molecule has 2 bridgehead atoms. The molecule has 2 saturated heterocycles. The van der Waals surface area contributed by atoms with E-state index < -0.39 is 11.9 Å². The maximum atomic E-state index is 12.6. The van der Waals surface area contributed by atoms with Gasteiger partial charge in [-0.05, 0) is 24.1 Å². The van der Waals surface area contributed by atoms with Gasteiger partial charge in [-0.1, -0.05) is 17.7 Å². The van der Waals surface area contributed by atoms with Crippen LogP contribution >= 0.6 is 11.6 Å². The van der Waals surface area contributed by atoms with Crippen LogP contribution in [0.4, 0.5) is 19.0 Å². The van der Waals surface area contributed by atoms with Gasteiger partial charge in [0.25, 0.3) is 0 Å². The molecule has 0 radical (unpaired) electrons. The van der Waals surface area contributed by atoms with E-state index in [1.807, 2.05) is 6.07 Å². The molecule has 0 amide bonds. The maximum Gasteiger partial charge on any atom is 0.433 e. The van der Waals surface area contributed by atoms with Crippen molar-refractivity contribution in [1.82, 2.24) is 14.9 Å². The quantitative estimate of drug-likeness (QED) is 0.799. The van der Waals surface area contributed by atoms with E-state index in [-0.39, 0.29) is 12.1 Å². The summed E-state index contributed by atoms with van der Waals surface area (Å²) in [6.07, 6.45) is -0.657. The van der Waals surface area contributed by atoms with Gasteiger partial charge in [0.15, 0.2) is 0 Å². The molecule has 2 aromatic heterocycles. The minimum absolute atomic E-state index is 0.246. The highest BCUT2D eigenvalue weighted by Gasteiger charge is 2.44. The Balaban J connectivity index is 1.43. The molecule has 2 aliphatic rings. The number of piperazine rings is 1. The van der Waals surface area contributed by atoms with Crippen molar-refractivity contribution in [2.24, 2.45) is 0 Å². The summed E-state index contributed by atoms with van der Waals surface area (Å²) in [5, 5.41) is 9.38. The molecule has 140 valence electrons. The van der Waals surface area contributed by atoms with Crippen molar-refractivity contribution in [1.29, 1.82) is 5.26 Å². The van der Waals surface area contributed by atoms with Gasteiger partial charge in [-0.15, -0.1) is 0 Å². The number of aromatic nitrogens is 2. The Morgan fingerprint density at radius 1 is 1.19 bits per heavy atom. The van der Waals surface area contributed by atoms with Crippen LogP contribution < -0.4 is 4.90 Å². The average Bonchev–Trinajstić information content (AvgIpc) is 3.21. The molecule has 0 spiro atoms. The summed E-state index contributed by atoms with van der Waals surface area (Å²) >= 11 is 6.27. The largest absolute Gasteiger partial charge is 0.433 e. The van der Waals surface area contributed by atoms with Crippen molar-refractivity contribution >= 4 is 17.4 Å². The second kappa shape index (κ2) is 6.66. The van der Waals surface area contributed by atoms with E-state index in [1.165, 1.54) is 18.5 Å². The number of hydrogen-bond acceptors (Lipinski definition) is 5. The van der Waals surface area contributed by atoms with Gasteiger partial charge < -0.3 is 4.90 Å². The van der Waals surface area contributed by atoms with Crippen molar-refractivity contribution in [3.8, 4) is 6.07 Å². The second-order valence-electron chi connectivity index (χ2n) is 6.82. The molecule has 4 heterocycles. The van der Waals surface area contributed by atoms with Crippen molar-refractivity contribution < 1.29 is 13.2 Å². The number of hydrogen-bond donors (Lipinski definition) is 0. The topological polar surface area (TPSA) is 56.1 Å². The minimum atomic E-state index is -4.42. The Morgan fingerprint density at radius 2 is 2.00 bits per heavy atom. The molecule has 0 aromatic carbocycles. The fourth-order valence-corrected chi connectivity index (χ4v) is 4.10. The average molecular weight is 394 g/mol. The first kappa shape index (κ1) is 18.0. The molecule has 0 N–H and O–H groups in total. The number of alkyl halides is 3. The summed E-state index contributed by atoms with van der Waals surface area (Å²) in [4.78, 5) is 12.3. The number of pyridine rings is 2. The lowest BCUT2D eigenvalue weighted by Gasteiger charge is -2.35. The van der Waals surface area contributed by atoms with E-state index in [4.69, 9.17) is 16.9 Å². The summed E-state index contributed by atoms with van der Waals surface area (Å²) in [5.41, 5.74) is 0.308. The van der Waals surface area contributed by atoms with Crippen LogP contribution in [0.25, 0.3) is 0 Å². The number of halogens is 4. The van der Waals surface area contributed by atoms with Crippen molar-refractivity contribution in [3.05, 3.63) is 52.4 Å². The molecule has 0 aliphatic carbocycles. The first-order valence-electron chi connectivity index (χ1n) is 8.43. The first-order chi connectivity index (χ1) is 12.8. The fourth-order valence-electron chi connectivity index (χ4n) is 3.83. The van der Waals surface area contributed by atoms with Crippen LogP contribution in [-0.4, -0.2) is 40.0 Å². The Morgan fingerprint density at radius 3 is 2.56 bits per heavy atom. The highest BCUT2D eigenvalue weighted by Crippen LogP contribution is 2.37. The van der Waals surface area contributed by atoms with E-state index in [9.17, 15) is 13.2 Å². The van der Waals surface area contributed by atoms with Crippen LogP contribution in [0.3, 0.4) is 0 Å². The molecule has 2 aromatic rings. The molecule has 0 saturated carbocycles. The lowest BCUT2D eigenvalue weighted by molar-refractivity contribution is -0.141. The van der Waals surface area contributed by atoms with Gasteiger partial charge in [0.1, 0.15) is 17.6 Å². The van der Waals surface area contributed by atoms with Gasteiger partial charge in [-0.25, -0.2) is 4.98 Å². The molecular weight excluding hydrogens is 379 g/mol. The predicted molar refractivity (Wildman–Crippen MR) is 93.2 cm³/mol. The molecule has 5 nitrogen and oxygen atoms in total. The normalized spacial score (nSPS) is 22.3. The molecule has 9 heteroatoms. The molecule has 2 atom stereocenters. The summed E-state index contributed by atoms with van der Waals surface area (Å²) in [6.45, 7) is 2.09. The minimum Gasteiger partial charge on any atom is -0.349 e. The standard InChI is InChI=1S/C18H15ClF3N5/c19-15-3-12(5-23)7-25-17(15)27-10-13-4-14(27)9-26(13)8-11-1-2-16(24-6-11)18(20,21)22/h1-3,6-7,13-14H,4,8-10H2. The van der Waals surface area contributed by atoms with Gasteiger partial charge in [-0.3, -0.25) is 9.88 Å². The van der Waals surface area contributed by atoms with Crippen LogP contribution in [-0.2, 0) is 12.7 Å². The van der Waals surface area contributed by atoms with E-state index in [2.05, 4.69) is 19.8 Å². The third-order valence-electron chi connectivity index (χ3n) is 5.08. The number of nitriles is 1. The number of nitrogens with zero attached hydrogens (tertiary/aromatic N) is 5. The molecule has 2 aliphatic heterocycles. The van der Waals surface area contributed by atoms with Gasteiger partial charge >= 0.3 is 6.18 Å². The van der Waals surface area contributed by atoms with Crippen LogP contribution in [0.5, 0.6) is 0 Å². The van der Waals surface area contributed by atoms with Crippen LogP contribution in [0, 0.1) is 11.3 Å². The zero-order valence-electron chi connectivity index (χ0n) is 14.1. The predicted octanol–water partition coefficient (Wildman–Crippen LogP) is 3.48. The highest BCUT2D eigenvalue weighted by molar-refractivity contribution is 6.33. The fraction of sp³-hybridized carbons (Fsp3) is 0.389. The number of rotatable bonds is 3. The summed E-state index contributed by atoms with van der Waals surface area (Å²) in [7, 11) is 0. The van der Waals surface area contributed by atoms with Crippen LogP contribution in [0.1, 0.15) is 23.2 Å². The Kier molecular flexibility index (Phi) is 4.44. The smallest absolute Gasteiger partial charge is 0.349 e. The number of fused-ring (bicyclic) bond motifs is 2. The summed E-state index contributed by atoms with van der Waals surface area (Å²) in [5.74, 6) is 0.680. The molecular formula is C18H15ClF3N5. The second-order valence-corrected chi connectivity index (χ2v) is 7.22. The zero-order chi connectivity index (χ0) is 19.2. The lowest BCUT2D eigenvalue weighted by atomic mass is 10.2. The van der Waals surface area contributed by atoms with Gasteiger partial charge in [0.2, 0.25) is 0 Å². The van der Waals surface area contributed by atoms with E-state index >= 15 is 0 Å². The number of anilines is 1. The van der Waals surface area contributed by atoms with E-state index in [0.717, 1.165) is 31.1 Å². The third-order valence-corrected chi connectivity index (χ3v) is 5.36. The maximum absolute atomic E-state index is 12.6. The van der Waals surface area contributed by atoms with E-state index in [1.54, 1.807) is 6.07 Å². The molecule has 2 unspecified atom stereocenters. The van der Waals surface area contributed by atoms with Gasteiger partial charge in [0, 0.05) is 44.1 Å². The van der Waals surface area contributed by atoms with Crippen molar-refractivity contribution in [2.75, 3.05) is 18.0 Å². The Labute approximate surface area is 159 Å². The van der Waals surface area contributed by atoms with Crippen LogP contribution in [0.2, 0.25) is 5.02 Å². The van der Waals surface area contributed by atoms with Gasteiger partial charge in [-0.2, -0.15) is 18.4 Å². The molecule has 4 rings (SSSR count). The van der Waals surface area contributed by atoms with E-state index in [0.29, 0.717) is 22.9 Å². The lowest BCUT2D eigenvalue weighted by Crippen LogP contribution is -2.46. The Bertz CT molecular complexity index is 893. The zero-order valence-corrected chi connectivity index (χ0v) is 14.9. The summed E-state index contributed by atoms with van der Waals surface area (Å²) < 4.78 is 37.9. The summed E-state index contributed by atoms with van der Waals surface area (Å²) in [6, 6.07) is 6.67. The SMILES string of the molecule is N#Cc1cnc(N2CC3CC2CN3Cc2ccc(C(F)(F)F)nc2)c(Cl)c1. The number of likely N-dealkylation sites (tertiary alicyclic amines) is 1. The third kappa shape index (κ3) is 3.45. The van der Waals surface area contributed by atoms with Crippen LogP contribution in [0.15, 0.2) is 30.6 Å². The van der Waals surface area contributed by atoms with Gasteiger partial charge in [0.05, 0.1) is 10.6 Å². The van der Waals surface area contributed by atoms with Crippen molar-refractivity contribution in [3.63, 3.8) is 0 Å².